The van der Waals surface area contributed by atoms with Gasteiger partial charge in [-0.05, 0) is 36.8 Å². The molecule has 0 atom stereocenters. The molecule has 0 bridgehead atoms. The lowest BCUT2D eigenvalue weighted by Crippen LogP contribution is -2.08. The zero-order valence-corrected chi connectivity index (χ0v) is 16.7. The second-order valence-corrected chi connectivity index (χ2v) is 7.56. The minimum atomic E-state index is -0.174. The lowest BCUT2D eigenvalue weighted by Gasteiger charge is -2.04. The largest absolute Gasteiger partial charge is 0.506 e. The number of rotatable bonds is 5. The predicted molar refractivity (Wildman–Crippen MR) is 114 cm³/mol. The summed E-state index contributed by atoms with van der Waals surface area (Å²) in [6.07, 6.45) is 0. The number of Topliss-reactive ketones (excluding diaryl/α,β-unsaturated/α-hetero) is 1. The van der Waals surface area contributed by atoms with Gasteiger partial charge in [0.25, 0.3) is 0 Å². The van der Waals surface area contributed by atoms with Crippen LogP contribution in [0, 0.1) is 0 Å². The summed E-state index contributed by atoms with van der Waals surface area (Å²) >= 11 is 13.4. The van der Waals surface area contributed by atoms with Crippen molar-refractivity contribution in [3.05, 3.63) is 69.0 Å². The minimum absolute atomic E-state index is 0.0442. The number of nitrogen functional groups attached to an aromatic ring is 1. The number of nitrogens with two attached hydrogens (primary N) is 1. The van der Waals surface area contributed by atoms with Gasteiger partial charge in [0, 0.05) is 27.9 Å². The van der Waals surface area contributed by atoms with E-state index in [0.717, 1.165) is 5.56 Å². The Kier molecular flexibility index (Phi) is 5.85. The summed E-state index contributed by atoms with van der Waals surface area (Å²) in [6.45, 7) is 1.71. The highest BCUT2D eigenvalue weighted by Gasteiger charge is 2.16. The monoisotopic (exact) mass is 418 g/mol. The number of ketones is 1. The van der Waals surface area contributed by atoms with Crippen molar-refractivity contribution in [3.63, 3.8) is 0 Å². The van der Waals surface area contributed by atoms with Crippen molar-refractivity contribution in [1.29, 1.82) is 0 Å². The predicted octanol–water partition coefficient (Wildman–Crippen LogP) is 5.70. The summed E-state index contributed by atoms with van der Waals surface area (Å²) in [4.78, 5) is 17.3. The van der Waals surface area contributed by atoms with Crippen molar-refractivity contribution in [3.8, 4) is 16.2 Å². The second kappa shape index (κ2) is 8.13. The molecule has 138 valence electrons. The van der Waals surface area contributed by atoms with Crippen molar-refractivity contribution in [2.75, 3.05) is 12.3 Å². The van der Waals surface area contributed by atoms with E-state index in [-0.39, 0.29) is 18.1 Å². The maximum absolute atomic E-state index is 12.3. The molecule has 1 heterocycles. The molecular formula is C20H16Cl2N2O2S. The van der Waals surface area contributed by atoms with Crippen molar-refractivity contribution >= 4 is 51.7 Å². The maximum atomic E-state index is 12.3. The van der Waals surface area contributed by atoms with E-state index in [0.29, 0.717) is 37.4 Å². The fourth-order valence-electron chi connectivity index (χ4n) is 2.56. The number of hydrogen-bond donors (Lipinski definition) is 2. The first kappa shape index (κ1) is 19.4. The average molecular weight is 419 g/mol. The molecule has 0 saturated heterocycles. The maximum Gasteiger partial charge on any atom is 0.186 e. The molecule has 3 aromatic rings. The van der Waals surface area contributed by atoms with Crippen LogP contribution in [0.25, 0.3) is 10.4 Å². The molecule has 0 unspecified atom stereocenters. The average Bonchev–Trinajstić information content (AvgIpc) is 3.03. The molecule has 0 aliphatic rings. The van der Waals surface area contributed by atoms with Crippen LogP contribution in [-0.4, -0.2) is 23.1 Å². The minimum Gasteiger partial charge on any atom is -0.506 e. The van der Waals surface area contributed by atoms with Crippen molar-refractivity contribution < 1.29 is 9.90 Å². The number of nitrogens with zero attached hydrogens (tertiary/aromatic N) is 1. The van der Waals surface area contributed by atoms with Gasteiger partial charge in [-0.15, -0.1) is 11.3 Å². The van der Waals surface area contributed by atoms with Gasteiger partial charge in [0.1, 0.15) is 12.3 Å². The van der Waals surface area contributed by atoms with Gasteiger partial charge in [-0.2, -0.15) is 0 Å². The molecule has 7 heteroatoms. The fourth-order valence-corrected chi connectivity index (χ4v) is 3.86. The van der Waals surface area contributed by atoms with Gasteiger partial charge in [-0.3, -0.25) is 9.79 Å². The topological polar surface area (TPSA) is 75.7 Å². The van der Waals surface area contributed by atoms with Gasteiger partial charge in [-0.1, -0.05) is 41.4 Å². The fraction of sp³-hybridized carbons (Fsp3) is 0.100. The molecule has 4 nitrogen and oxygen atoms in total. The zero-order valence-electron chi connectivity index (χ0n) is 14.4. The van der Waals surface area contributed by atoms with E-state index in [4.69, 9.17) is 28.9 Å². The summed E-state index contributed by atoms with van der Waals surface area (Å²) < 4.78 is 0. The van der Waals surface area contributed by atoms with Crippen LogP contribution in [0.5, 0.6) is 5.75 Å². The Balaban J connectivity index is 1.83. The van der Waals surface area contributed by atoms with Gasteiger partial charge >= 0.3 is 0 Å². The van der Waals surface area contributed by atoms with Crippen LogP contribution in [0.15, 0.2) is 52.8 Å². The number of hydrogen-bond acceptors (Lipinski definition) is 5. The lowest BCUT2D eigenvalue weighted by atomic mass is 10.1. The standard InChI is InChI=1S/C20H16Cl2N2O2S/c1-11(24-9-18(25)13-4-2-3-5-17(13)23)14-10-27-20(19(14)26)12-6-7-15(21)16(22)8-12/h2-8,10,26H,9,23H2,1H3. The smallest absolute Gasteiger partial charge is 0.186 e. The Bertz CT molecular complexity index is 1040. The Morgan fingerprint density at radius 2 is 1.89 bits per heavy atom. The first-order chi connectivity index (χ1) is 12.9. The van der Waals surface area contributed by atoms with E-state index in [1.54, 1.807) is 54.8 Å². The molecule has 0 amide bonds. The number of thiophene rings is 1. The second-order valence-electron chi connectivity index (χ2n) is 5.87. The number of anilines is 1. The van der Waals surface area contributed by atoms with Gasteiger partial charge < -0.3 is 10.8 Å². The lowest BCUT2D eigenvalue weighted by molar-refractivity contribution is 0.100. The van der Waals surface area contributed by atoms with Gasteiger partial charge in [0.15, 0.2) is 5.78 Å². The van der Waals surface area contributed by atoms with E-state index in [1.165, 1.54) is 11.3 Å². The number of halogens is 2. The quantitative estimate of drug-likeness (QED) is 0.316. The van der Waals surface area contributed by atoms with E-state index >= 15 is 0 Å². The molecule has 27 heavy (non-hydrogen) atoms. The summed E-state index contributed by atoms with van der Waals surface area (Å²) in [5.41, 5.74) is 8.61. The van der Waals surface area contributed by atoms with E-state index < -0.39 is 0 Å². The Morgan fingerprint density at radius 3 is 2.59 bits per heavy atom. The number of para-hydroxylation sites is 1. The Morgan fingerprint density at radius 1 is 1.15 bits per heavy atom. The first-order valence-electron chi connectivity index (χ1n) is 8.03. The first-order valence-corrected chi connectivity index (χ1v) is 9.67. The van der Waals surface area contributed by atoms with Crippen LogP contribution >= 0.6 is 34.5 Å². The molecule has 0 fully saturated rings. The highest BCUT2D eigenvalue weighted by Crippen LogP contribution is 2.40. The van der Waals surface area contributed by atoms with Crippen LogP contribution in [0.3, 0.4) is 0 Å². The van der Waals surface area contributed by atoms with E-state index in [2.05, 4.69) is 4.99 Å². The molecule has 0 aliphatic heterocycles. The van der Waals surface area contributed by atoms with Gasteiger partial charge in [-0.25, -0.2) is 0 Å². The number of carbonyl (C=O) groups excluding carboxylic acids is 1. The molecule has 3 rings (SSSR count). The van der Waals surface area contributed by atoms with Crippen LogP contribution in [-0.2, 0) is 0 Å². The SMILES string of the molecule is CC(=NCC(=O)c1ccccc1N)c1csc(-c2ccc(Cl)c(Cl)c2)c1O. The Hall–Kier alpha value is -2.34. The molecular weight excluding hydrogens is 403 g/mol. The van der Waals surface area contributed by atoms with E-state index in [1.807, 2.05) is 0 Å². The van der Waals surface area contributed by atoms with Crippen LogP contribution in [0.2, 0.25) is 10.0 Å². The number of aromatic hydroxyl groups is 1. The van der Waals surface area contributed by atoms with Crippen LogP contribution in [0.4, 0.5) is 5.69 Å². The Labute approximate surface area is 170 Å². The molecule has 0 radical (unpaired) electrons. The van der Waals surface area contributed by atoms with Crippen molar-refractivity contribution in [2.45, 2.75) is 6.92 Å². The molecule has 0 spiro atoms. The zero-order chi connectivity index (χ0) is 19.6. The highest BCUT2D eigenvalue weighted by atomic mass is 35.5. The molecule has 2 aromatic carbocycles. The third-order valence-electron chi connectivity index (χ3n) is 4.06. The van der Waals surface area contributed by atoms with Crippen molar-refractivity contribution in [1.82, 2.24) is 0 Å². The normalized spacial score (nSPS) is 11.6. The molecule has 3 N–H and O–H groups in total. The van der Waals surface area contributed by atoms with E-state index in [9.17, 15) is 9.90 Å². The third kappa shape index (κ3) is 4.16. The molecule has 0 saturated carbocycles. The summed E-state index contributed by atoms with van der Waals surface area (Å²) in [5.74, 6) is -0.0711. The van der Waals surface area contributed by atoms with Crippen LogP contribution < -0.4 is 5.73 Å². The number of aliphatic imine (C=N–C) groups is 1. The summed E-state index contributed by atoms with van der Waals surface area (Å²) in [6, 6.07) is 12.1. The number of carbonyl (C=O) groups is 1. The molecule has 1 aromatic heterocycles. The van der Waals surface area contributed by atoms with Crippen LogP contribution in [0.1, 0.15) is 22.8 Å². The number of benzene rings is 2. The summed E-state index contributed by atoms with van der Waals surface area (Å²) in [7, 11) is 0. The van der Waals surface area contributed by atoms with Crippen molar-refractivity contribution in [2.24, 2.45) is 4.99 Å². The van der Waals surface area contributed by atoms with Gasteiger partial charge in [0.2, 0.25) is 0 Å². The third-order valence-corrected chi connectivity index (χ3v) is 5.81. The van der Waals surface area contributed by atoms with Gasteiger partial charge in [0.05, 0.1) is 14.9 Å². The molecule has 0 aliphatic carbocycles. The summed E-state index contributed by atoms with van der Waals surface area (Å²) in [5, 5.41) is 13.3. The highest BCUT2D eigenvalue weighted by molar-refractivity contribution is 7.14.